The maximum absolute atomic E-state index is 12.0. The number of rotatable bonds is 5. The molecule has 0 fully saturated rings. The number of fused-ring (bicyclic) bond motifs is 1. The van der Waals surface area contributed by atoms with Gasteiger partial charge in [0.1, 0.15) is 0 Å². The summed E-state index contributed by atoms with van der Waals surface area (Å²) in [6.07, 6.45) is 2.12. The first-order valence-corrected chi connectivity index (χ1v) is 7.22. The Balaban J connectivity index is 2.14. The summed E-state index contributed by atoms with van der Waals surface area (Å²) in [5.41, 5.74) is 0.964. The molecular weight excluding hydrogens is 274 g/mol. The second-order valence-electron chi connectivity index (χ2n) is 5.00. The Morgan fingerprint density at radius 1 is 1.40 bits per heavy atom. The smallest absolute Gasteiger partial charge is 0.357 e. The van der Waals surface area contributed by atoms with Crippen LogP contribution in [-0.4, -0.2) is 17.6 Å². The van der Waals surface area contributed by atoms with Crippen molar-refractivity contribution in [1.82, 2.24) is 4.98 Å². The van der Waals surface area contributed by atoms with Gasteiger partial charge in [-0.15, -0.1) is 0 Å². The third kappa shape index (κ3) is 3.48. The number of ether oxygens (including phenoxy) is 1. The highest BCUT2D eigenvalue weighted by atomic mass is 35.5. The first-order chi connectivity index (χ1) is 9.61. The largest absolute Gasteiger partial charge is 0.461 e. The van der Waals surface area contributed by atoms with E-state index in [0.29, 0.717) is 23.1 Å². The lowest BCUT2D eigenvalue weighted by atomic mass is 10.1. The number of hydrogen-bond donors (Lipinski definition) is 0. The van der Waals surface area contributed by atoms with E-state index in [1.165, 1.54) is 0 Å². The van der Waals surface area contributed by atoms with Crippen molar-refractivity contribution < 1.29 is 9.53 Å². The Bertz CT molecular complexity index is 612. The fourth-order valence-corrected chi connectivity index (χ4v) is 2.37. The molecule has 20 heavy (non-hydrogen) atoms. The summed E-state index contributed by atoms with van der Waals surface area (Å²) in [6.45, 7) is 4.60. The van der Waals surface area contributed by atoms with Crippen LogP contribution < -0.4 is 0 Å². The van der Waals surface area contributed by atoms with Gasteiger partial charge >= 0.3 is 5.97 Å². The standard InChI is InChI=1S/C16H18ClNO2/c1-3-6-11(2)10-20-16(19)15-9-13(17)12-7-4-5-8-14(12)18-15/h4-5,7-9,11H,3,6,10H2,1-2H3. The predicted molar refractivity (Wildman–Crippen MR) is 81.1 cm³/mol. The molecule has 106 valence electrons. The zero-order chi connectivity index (χ0) is 14.5. The Labute approximate surface area is 123 Å². The molecule has 1 aromatic heterocycles. The van der Waals surface area contributed by atoms with E-state index in [1.54, 1.807) is 6.07 Å². The van der Waals surface area contributed by atoms with Crippen LogP contribution in [0.2, 0.25) is 5.02 Å². The van der Waals surface area contributed by atoms with Gasteiger partial charge in [0.2, 0.25) is 0 Å². The second-order valence-corrected chi connectivity index (χ2v) is 5.41. The molecule has 0 bridgehead atoms. The molecule has 2 rings (SSSR count). The van der Waals surface area contributed by atoms with E-state index in [9.17, 15) is 4.79 Å². The predicted octanol–water partition coefficient (Wildman–Crippen LogP) is 4.48. The lowest BCUT2D eigenvalue weighted by molar-refractivity contribution is 0.0437. The number of halogens is 1. The Morgan fingerprint density at radius 2 is 2.15 bits per heavy atom. The highest BCUT2D eigenvalue weighted by Crippen LogP contribution is 2.23. The first-order valence-electron chi connectivity index (χ1n) is 6.84. The number of carbonyl (C=O) groups is 1. The number of esters is 1. The van der Waals surface area contributed by atoms with Crippen molar-refractivity contribution in [1.29, 1.82) is 0 Å². The number of hydrogen-bond acceptors (Lipinski definition) is 3. The summed E-state index contributed by atoms with van der Waals surface area (Å²) in [6, 6.07) is 9.03. The molecule has 1 aromatic carbocycles. The molecule has 0 aliphatic rings. The number of para-hydroxylation sites is 1. The Hall–Kier alpha value is -1.61. The zero-order valence-electron chi connectivity index (χ0n) is 11.7. The van der Waals surface area contributed by atoms with Crippen LogP contribution in [0, 0.1) is 5.92 Å². The van der Waals surface area contributed by atoms with E-state index < -0.39 is 5.97 Å². The average Bonchev–Trinajstić information content (AvgIpc) is 2.45. The normalized spacial score (nSPS) is 12.3. The third-order valence-electron chi connectivity index (χ3n) is 3.16. The van der Waals surface area contributed by atoms with Crippen LogP contribution in [0.3, 0.4) is 0 Å². The minimum Gasteiger partial charge on any atom is -0.461 e. The van der Waals surface area contributed by atoms with Crippen molar-refractivity contribution in [3.63, 3.8) is 0 Å². The summed E-state index contributed by atoms with van der Waals surface area (Å²) in [5, 5.41) is 1.36. The van der Waals surface area contributed by atoms with Gasteiger partial charge in [0.15, 0.2) is 5.69 Å². The van der Waals surface area contributed by atoms with Gasteiger partial charge in [-0.1, -0.05) is 50.1 Å². The van der Waals surface area contributed by atoms with Crippen LogP contribution >= 0.6 is 11.6 Å². The Morgan fingerprint density at radius 3 is 2.90 bits per heavy atom. The number of pyridine rings is 1. The summed E-state index contributed by atoms with van der Waals surface area (Å²) >= 11 is 6.17. The quantitative estimate of drug-likeness (QED) is 0.762. The fourth-order valence-electron chi connectivity index (χ4n) is 2.11. The maximum atomic E-state index is 12.0. The van der Waals surface area contributed by atoms with Crippen LogP contribution in [0.4, 0.5) is 0 Å². The molecule has 4 heteroatoms. The molecule has 0 spiro atoms. The number of nitrogens with zero attached hydrogens (tertiary/aromatic N) is 1. The molecule has 0 amide bonds. The number of carbonyl (C=O) groups excluding carboxylic acids is 1. The highest BCUT2D eigenvalue weighted by Gasteiger charge is 2.13. The summed E-state index contributed by atoms with van der Waals surface area (Å²) in [4.78, 5) is 16.3. The van der Waals surface area contributed by atoms with Gasteiger partial charge in [-0.3, -0.25) is 0 Å². The van der Waals surface area contributed by atoms with Gasteiger partial charge in [0.25, 0.3) is 0 Å². The summed E-state index contributed by atoms with van der Waals surface area (Å²) < 4.78 is 5.29. The van der Waals surface area contributed by atoms with Gasteiger partial charge in [-0.25, -0.2) is 9.78 Å². The molecule has 0 saturated carbocycles. The molecular formula is C16H18ClNO2. The van der Waals surface area contributed by atoms with Crippen LogP contribution in [0.15, 0.2) is 30.3 Å². The SMILES string of the molecule is CCCC(C)COC(=O)c1cc(Cl)c2ccccc2n1. The van der Waals surface area contributed by atoms with Crippen molar-refractivity contribution in [2.75, 3.05) is 6.61 Å². The molecule has 0 radical (unpaired) electrons. The molecule has 1 atom stereocenters. The average molecular weight is 292 g/mol. The van der Waals surface area contributed by atoms with Crippen molar-refractivity contribution in [2.45, 2.75) is 26.7 Å². The molecule has 0 aliphatic carbocycles. The van der Waals surface area contributed by atoms with Crippen LogP contribution in [0.25, 0.3) is 10.9 Å². The summed E-state index contributed by atoms with van der Waals surface area (Å²) in [5.74, 6) is -0.0551. The van der Waals surface area contributed by atoms with Crippen molar-refractivity contribution in [2.24, 2.45) is 5.92 Å². The second kappa shape index (κ2) is 6.71. The monoisotopic (exact) mass is 291 g/mol. The molecule has 1 unspecified atom stereocenters. The Kier molecular flexibility index (Phi) is 4.96. The van der Waals surface area contributed by atoms with E-state index in [1.807, 2.05) is 24.3 Å². The number of benzene rings is 1. The molecule has 3 nitrogen and oxygen atoms in total. The molecule has 0 saturated heterocycles. The minimum absolute atomic E-state index is 0.261. The van der Waals surface area contributed by atoms with E-state index in [-0.39, 0.29) is 5.69 Å². The fraction of sp³-hybridized carbons (Fsp3) is 0.375. The van der Waals surface area contributed by atoms with E-state index >= 15 is 0 Å². The highest BCUT2D eigenvalue weighted by molar-refractivity contribution is 6.35. The summed E-state index contributed by atoms with van der Waals surface area (Å²) in [7, 11) is 0. The minimum atomic E-state index is -0.416. The first kappa shape index (κ1) is 14.8. The lowest BCUT2D eigenvalue weighted by Crippen LogP contribution is -2.13. The van der Waals surface area contributed by atoms with E-state index in [4.69, 9.17) is 16.3 Å². The number of aromatic nitrogens is 1. The van der Waals surface area contributed by atoms with Crippen LogP contribution in [0.1, 0.15) is 37.2 Å². The molecule has 0 aliphatic heterocycles. The van der Waals surface area contributed by atoms with Gasteiger partial charge in [-0.2, -0.15) is 0 Å². The zero-order valence-corrected chi connectivity index (χ0v) is 12.5. The topological polar surface area (TPSA) is 39.2 Å². The molecule has 1 heterocycles. The van der Waals surface area contributed by atoms with Gasteiger partial charge in [0, 0.05) is 5.39 Å². The van der Waals surface area contributed by atoms with E-state index in [2.05, 4.69) is 18.8 Å². The van der Waals surface area contributed by atoms with Gasteiger partial charge < -0.3 is 4.74 Å². The van der Waals surface area contributed by atoms with Crippen molar-refractivity contribution in [3.8, 4) is 0 Å². The van der Waals surface area contributed by atoms with Crippen LogP contribution in [-0.2, 0) is 4.74 Å². The van der Waals surface area contributed by atoms with Gasteiger partial charge in [-0.05, 0) is 24.5 Å². The van der Waals surface area contributed by atoms with Gasteiger partial charge in [0.05, 0.1) is 17.1 Å². The molecule has 2 aromatic rings. The van der Waals surface area contributed by atoms with E-state index in [0.717, 1.165) is 18.2 Å². The third-order valence-corrected chi connectivity index (χ3v) is 3.47. The molecule has 0 N–H and O–H groups in total. The van der Waals surface area contributed by atoms with Crippen LogP contribution in [0.5, 0.6) is 0 Å². The van der Waals surface area contributed by atoms with Crippen molar-refractivity contribution >= 4 is 28.5 Å². The lowest BCUT2D eigenvalue weighted by Gasteiger charge is -2.11. The van der Waals surface area contributed by atoms with Crippen molar-refractivity contribution in [3.05, 3.63) is 41.0 Å². The maximum Gasteiger partial charge on any atom is 0.357 e.